The molecule has 0 aliphatic carbocycles. The molecular formula is C18H18N2O3S. The van der Waals surface area contributed by atoms with E-state index >= 15 is 0 Å². The maximum atomic E-state index is 12.6. The molecule has 0 saturated carbocycles. The number of hydrogen-bond donors (Lipinski definition) is 1. The van der Waals surface area contributed by atoms with Crippen LogP contribution in [0, 0.1) is 0 Å². The van der Waals surface area contributed by atoms with Crippen LogP contribution >= 0.6 is 11.3 Å². The first-order valence-corrected chi connectivity index (χ1v) is 8.43. The average molecular weight is 342 g/mol. The number of thiophene rings is 1. The number of amides is 1. The predicted octanol–water partition coefficient (Wildman–Crippen LogP) is 2.75. The van der Waals surface area contributed by atoms with Crippen LogP contribution in [-0.2, 0) is 23.0 Å². The minimum Gasteiger partial charge on any atom is -0.467 e. The first-order valence-electron chi connectivity index (χ1n) is 7.55. The summed E-state index contributed by atoms with van der Waals surface area (Å²) in [5.41, 5.74) is 2.49. The summed E-state index contributed by atoms with van der Waals surface area (Å²) in [7, 11) is 3.17. The zero-order valence-electron chi connectivity index (χ0n) is 13.5. The van der Waals surface area contributed by atoms with E-state index in [4.69, 9.17) is 4.74 Å². The molecule has 0 aliphatic rings. The molecule has 2 aromatic heterocycles. The van der Waals surface area contributed by atoms with Crippen molar-refractivity contribution in [1.82, 2.24) is 9.88 Å². The van der Waals surface area contributed by atoms with E-state index < -0.39 is 12.0 Å². The van der Waals surface area contributed by atoms with Crippen molar-refractivity contribution in [3.05, 3.63) is 59.1 Å². The summed E-state index contributed by atoms with van der Waals surface area (Å²) in [5, 5.41) is 4.78. The molecule has 1 atom stereocenters. The fourth-order valence-corrected chi connectivity index (χ4v) is 3.53. The van der Waals surface area contributed by atoms with Gasteiger partial charge in [-0.25, -0.2) is 4.79 Å². The van der Waals surface area contributed by atoms with Crippen molar-refractivity contribution in [2.45, 2.75) is 12.5 Å². The largest absolute Gasteiger partial charge is 0.467 e. The van der Waals surface area contributed by atoms with E-state index in [1.807, 2.05) is 59.5 Å². The molecule has 2 heterocycles. The number of aromatic nitrogens is 1. The van der Waals surface area contributed by atoms with Crippen LogP contribution in [0.2, 0.25) is 0 Å². The molecule has 124 valence electrons. The Balaban J connectivity index is 1.81. The summed E-state index contributed by atoms with van der Waals surface area (Å²) < 4.78 is 7.71. The molecule has 0 radical (unpaired) electrons. The summed E-state index contributed by atoms with van der Waals surface area (Å²) in [6, 6.07) is 12.6. The number of esters is 1. The third kappa shape index (κ3) is 3.19. The van der Waals surface area contributed by atoms with Gasteiger partial charge in [-0.1, -0.05) is 30.3 Å². The summed E-state index contributed by atoms with van der Waals surface area (Å²) >= 11 is 1.58. The molecule has 24 heavy (non-hydrogen) atoms. The van der Waals surface area contributed by atoms with Crippen molar-refractivity contribution < 1.29 is 14.3 Å². The Labute approximate surface area is 143 Å². The number of carbonyl (C=O) groups excluding carboxylic acids is 2. The second kappa shape index (κ2) is 6.88. The van der Waals surface area contributed by atoms with Crippen LogP contribution in [0.4, 0.5) is 0 Å². The summed E-state index contributed by atoms with van der Waals surface area (Å²) in [4.78, 5) is 24.7. The number of rotatable bonds is 5. The molecule has 3 rings (SSSR count). The fourth-order valence-electron chi connectivity index (χ4n) is 2.69. The van der Waals surface area contributed by atoms with Crippen LogP contribution in [0.25, 0.3) is 10.2 Å². The number of aryl methyl sites for hydroxylation is 1. The lowest BCUT2D eigenvalue weighted by Gasteiger charge is -2.17. The lowest BCUT2D eigenvalue weighted by atomic mass is 10.1. The van der Waals surface area contributed by atoms with Gasteiger partial charge < -0.3 is 14.6 Å². The first-order chi connectivity index (χ1) is 11.6. The zero-order valence-corrected chi connectivity index (χ0v) is 14.3. The van der Waals surface area contributed by atoms with Crippen LogP contribution in [0.5, 0.6) is 0 Å². The van der Waals surface area contributed by atoms with Gasteiger partial charge in [-0.3, -0.25) is 4.79 Å². The van der Waals surface area contributed by atoms with Crippen LogP contribution < -0.4 is 5.32 Å². The standard InChI is InChI=1S/C18H18N2O3S/c1-20-14-8-9-24-16(14)11-15(20)17(21)19-13(18(22)23-2)10-12-6-4-3-5-7-12/h3-9,11,13H,10H2,1-2H3,(H,19,21)/t13-/m1/s1. The van der Waals surface area contributed by atoms with E-state index in [1.165, 1.54) is 7.11 Å². The number of fused-ring (bicyclic) bond motifs is 1. The molecule has 1 aromatic carbocycles. The van der Waals surface area contributed by atoms with Gasteiger partial charge in [-0.2, -0.15) is 0 Å². The van der Waals surface area contributed by atoms with Crippen molar-refractivity contribution in [2.24, 2.45) is 7.05 Å². The van der Waals surface area contributed by atoms with Crippen LogP contribution in [-0.4, -0.2) is 29.6 Å². The Kier molecular flexibility index (Phi) is 4.66. The predicted molar refractivity (Wildman–Crippen MR) is 94.2 cm³/mol. The molecule has 1 amide bonds. The van der Waals surface area contributed by atoms with Crippen molar-refractivity contribution in [2.75, 3.05) is 7.11 Å². The van der Waals surface area contributed by atoms with E-state index in [9.17, 15) is 9.59 Å². The van der Waals surface area contributed by atoms with Crippen molar-refractivity contribution in [3.63, 3.8) is 0 Å². The summed E-state index contributed by atoms with van der Waals surface area (Å²) in [6.45, 7) is 0. The first kappa shape index (κ1) is 16.3. The van der Waals surface area contributed by atoms with E-state index in [2.05, 4.69) is 5.32 Å². The van der Waals surface area contributed by atoms with Crippen molar-refractivity contribution in [3.8, 4) is 0 Å². The van der Waals surface area contributed by atoms with Crippen LogP contribution in [0.1, 0.15) is 16.1 Å². The molecule has 0 spiro atoms. The topological polar surface area (TPSA) is 60.3 Å². The number of methoxy groups -OCH3 is 1. The second-order valence-corrected chi connectivity index (χ2v) is 6.45. The van der Waals surface area contributed by atoms with Crippen LogP contribution in [0.15, 0.2) is 47.8 Å². The van der Waals surface area contributed by atoms with Gasteiger partial charge in [0, 0.05) is 13.5 Å². The number of nitrogens with one attached hydrogen (secondary N) is 1. The minimum atomic E-state index is -0.724. The fraction of sp³-hybridized carbons (Fsp3) is 0.222. The second-order valence-electron chi connectivity index (χ2n) is 5.50. The summed E-state index contributed by atoms with van der Waals surface area (Å²) in [6.07, 6.45) is 0.387. The zero-order chi connectivity index (χ0) is 17.1. The smallest absolute Gasteiger partial charge is 0.328 e. The Morgan fingerprint density at radius 1 is 1.25 bits per heavy atom. The molecule has 6 heteroatoms. The van der Waals surface area contributed by atoms with Gasteiger partial charge in [0.15, 0.2) is 0 Å². The van der Waals surface area contributed by atoms with Gasteiger partial charge in [0.25, 0.3) is 5.91 Å². The molecule has 3 aromatic rings. The third-order valence-corrected chi connectivity index (χ3v) is 4.82. The number of benzene rings is 1. The number of carbonyl (C=O) groups is 2. The van der Waals surface area contributed by atoms with E-state index in [-0.39, 0.29) is 5.91 Å². The highest BCUT2D eigenvalue weighted by atomic mass is 32.1. The normalized spacial score (nSPS) is 12.1. The van der Waals surface area contributed by atoms with E-state index in [0.29, 0.717) is 12.1 Å². The lowest BCUT2D eigenvalue weighted by Crippen LogP contribution is -2.43. The maximum Gasteiger partial charge on any atom is 0.328 e. The Bertz CT molecular complexity index is 867. The minimum absolute atomic E-state index is 0.285. The van der Waals surface area contributed by atoms with E-state index in [0.717, 1.165) is 15.8 Å². The number of hydrogen-bond acceptors (Lipinski definition) is 4. The highest BCUT2D eigenvalue weighted by Gasteiger charge is 2.24. The average Bonchev–Trinajstić information content (AvgIpc) is 3.17. The summed E-state index contributed by atoms with van der Waals surface area (Å²) in [5.74, 6) is -0.740. The molecule has 0 fully saturated rings. The van der Waals surface area contributed by atoms with Gasteiger partial charge in [0.1, 0.15) is 11.7 Å². The Hall–Kier alpha value is -2.60. The molecule has 0 bridgehead atoms. The Morgan fingerprint density at radius 3 is 2.67 bits per heavy atom. The number of nitrogens with zero attached hydrogens (tertiary/aromatic N) is 1. The molecule has 0 saturated heterocycles. The van der Waals surface area contributed by atoms with Crippen molar-refractivity contribution >= 4 is 33.4 Å². The SMILES string of the molecule is COC(=O)[C@@H](Cc1ccccc1)NC(=O)c1cc2sccc2n1C. The maximum absolute atomic E-state index is 12.6. The number of ether oxygens (including phenoxy) is 1. The molecule has 0 aliphatic heterocycles. The van der Waals surface area contributed by atoms with Gasteiger partial charge >= 0.3 is 5.97 Å². The van der Waals surface area contributed by atoms with Crippen molar-refractivity contribution in [1.29, 1.82) is 0 Å². The molecular weight excluding hydrogens is 324 g/mol. The molecule has 1 N–H and O–H groups in total. The van der Waals surface area contributed by atoms with Gasteiger partial charge in [-0.15, -0.1) is 11.3 Å². The molecule has 5 nitrogen and oxygen atoms in total. The van der Waals surface area contributed by atoms with E-state index in [1.54, 1.807) is 11.3 Å². The molecule has 0 unspecified atom stereocenters. The lowest BCUT2D eigenvalue weighted by molar-refractivity contribution is -0.142. The van der Waals surface area contributed by atoms with Gasteiger partial charge in [-0.05, 0) is 23.1 Å². The van der Waals surface area contributed by atoms with Gasteiger partial charge in [0.05, 0.1) is 17.3 Å². The highest BCUT2D eigenvalue weighted by Crippen LogP contribution is 2.24. The monoisotopic (exact) mass is 342 g/mol. The highest BCUT2D eigenvalue weighted by molar-refractivity contribution is 7.17. The van der Waals surface area contributed by atoms with Gasteiger partial charge in [0.2, 0.25) is 0 Å². The Morgan fingerprint density at radius 2 is 2.00 bits per heavy atom. The van der Waals surface area contributed by atoms with Crippen LogP contribution in [0.3, 0.4) is 0 Å². The quantitative estimate of drug-likeness (QED) is 0.725. The third-order valence-electron chi connectivity index (χ3n) is 3.97.